The predicted octanol–water partition coefficient (Wildman–Crippen LogP) is 1.64. The van der Waals surface area contributed by atoms with Crippen molar-refractivity contribution in [3.05, 3.63) is 59.7 Å². The van der Waals surface area contributed by atoms with Crippen LogP contribution < -0.4 is 10.4 Å². The fourth-order valence-electron chi connectivity index (χ4n) is 2.34. The van der Waals surface area contributed by atoms with Crippen LogP contribution in [0, 0.1) is 0 Å². The molecule has 0 amide bonds. The minimum absolute atomic E-state index is 0.396. The van der Waals surface area contributed by atoms with Crippen LogP contribution in [-0.2, 0) is 12.8 Å². The first kappa shape index (κ1) is 11.0. The molecule has 0 atom stereocenters. The molecule has 0 unspecified atom stereocenters. The molecule has 0 nitrogen and oxygen atoms in total. The van der Waals surface area contributed by atoms with Crippen molar-refractivity contribution in [2.45, 2.75) is 19.4 Å². The predicted molar refractivity (Wildman–Crippen MR) is 76.9 cm³/mol. The van der Waals surface area contributed by atoms with Gasteiger partial charge in [-0.15, -0.1) is 0 Å². The minimum Gasteiger partial charge on any atom is -0.0690 e. The molecule has 0 N–H and O–H groups in total. The number of hydrogen-bond donors (Lipinski definition) is 0. The molecule has 3 rings (SSSR count). The molecule has 0 spiro atoms. The molecule has 0 aliphatic carbocycles. The van der Waals surface area contributed by atoms with Gasteiger partial charge < -0.3 is 0 Å². The number of benzene rings is 2. The van der Waals surface area contributed by atoms with Crippen molar-refractivity contribution in [3.8, 4) is 0 Å². The highest BCUT2D eigenvalue weighted by atomic mass is 29.2. The third kappa shape index (κ3) is 2.43. The molecule has 1 heterocycles. The van der Waals surface area contributed by atoms with Gasteiger partial charge in [0.05, 0.1) is 17.4 Å². The summed E-state index contributed by atoms with van der Waals surface area (Å²) in [4.78, 5) is 0. The van der Waals surface area contributed by atoms with E-state index in [1.807, 2.05) is 0 Å². The summed E-state index contributed by atoms with van der Waals surface area (Å²) in [6, 6.07) is 18.5. The Morgan fingerprint density at radius 3 is 2.47 bits per heavy atom. The van der Waals surface area contributed by atoms with Crippen LogP contribution >= 0.6 is 0 Å². The molecule has 2 heteroatoms. The Morgan fingerprint density at radius 1 is 0.941 bits per heavy atom. The SMILES string of the molecule is C[Si]1[Si]c2cccc(c2)CCc2cccc1c2. The van der Waals surface area contributed by atoms with Crippen LogP contribution in [0.4, 0.5) is 0 Å². The normalized spacial score (nSPS) is 15.6. The minimum atomic E-state index is -0.396. The molecule has 3 radical (unpaired) electrons. The molecule has 4 bridgehead atoms. The number of aryl methyl sites for hydroxylation is 2. The highest BCUT2D eigenvalue weighted by Crippen LogP contribution is 2.07. The Balaban J connectivity index is 2.03. The van der Waals surface area contributed by atoms with E-state index >= 15 is 0 Å². The van der Waals surface area contributed by atoms with Gasteiger partial charge in [0.25, 0.3) is 0 Å². The molecule has 2 aromatic rings. The maximum Gasteiger partial charge on any atom is 0.0746 e. The second-order valence-electron chi connectivity index (χ2n) is 4.65. The number of rotatable bonds is 0. The molecule has 17 heavy (non-hydrogen) atoms. The summed E-state index contributed by atoms with van der Waals surface area (Å²) < 4.78 is 0. The molecular formula is C15H15Si2. The average Bonchev–Trinajstić information content (AvgIpc) is 2.36. The van der Waals surface area contributed by atoms with Crippen molar-refractivity contribution in [2.24, 2.45) is 0 Å². The van der Waals surface area contributed by atoms with E-state index in [9.17, 15) is 0 Å². The monoisotopic (exact) mass is 251 g/mol. The van der Waals surface area contributed by atoms with Gasteiger partial charge in [-0.05, 0) is 24.0 Å². The molecule has 1 aliphatic rings. The zero-order chi connectivity index (χ0) is 11.7. The van der Waals surface area contributed by atoms with Crippen LogP contribution in [0.5, 0.6) is 0 Å². The van der Waals surface area contributed by atoms with E-state index in [0.717, 1.165) is 9.04 Å². The Hall–Kier alpha value is -1.13. The lowest BCUT2D eigenvalue weighted by molar-refractivity contribution is 0.962. The van der Waals surface area contributed by atoms with Crippen LogP contribution in [0.3, 0.4) is 0 Å². The Morgan fingerprint density at radius 2 is 1.65 bits per heavy atom. The topological polar surface area (TPSA) is 0 Å². The average molecular weight is 251 g/mol. The van der Waals surface area contributed by atoms with E-state index in [4.69, 9.17) is 0 Å². The number of fused-ring (bicyclic) bond motifs is 4. The second-order valence-corrected chi connectivity index (χ2v) is 10.3. The highest BCUT2D eigenvalue weighted by molar-refractivity contribution is 7.23. The molecule has 83 valence electrons. The summed E-state index contributed by atoms with van der Waals surface area (Å²) in [6.07, 6.45) is 2.35. The Bertz CT molecular complexity index is 534. The van der Waals surface area contributed by atoms with Crippen molar-refractivity contribution >= 4 is 27.7 Å². The smallest absolute Gasteiger partial charge is 0.0690 e. The van der Waals surface area contributed by atoms with Crippen molar-refractivity contribution in [1.82, 2.24) is 0 Å². The molecule has 0 fully saturated rings. The van der Waals surface area contributed by atoms with Gasteiger partial charge in [-0.25, -0.2) is 0 Å². The zero-order valence-corrected chi connectivity index (χ0v) is 12.0. The van der Waals surface area contributed by atoms with E-state index in [1.54, 1.807) is 10.4 Å². The van der Waals surface area contributed by atoms with Gasteiger partial charge in [0.1, 0.15) is 0 Å². The van der Waals surface area contributed by atoms with Gasteiger partial charge in [-0.3, -0.25) is 0 Å². The summed E-state index contributed by atoms with van der Waals surface area (Å²) in [5, 5.41) is 3.14. The largest absolute Gasteiger partial charge is 0.0746 e. The first-order chi connectivity index (χ1) is 8.31. The van der Waals surface area contributed by atoms with E-state index in [-0.39, 0.29) is 0 Å². The molecule has 1 aliphatic heterocycles. The van der Waals surface area contributed by atoms with E-state index in [2.05, 4.69) is 55.1 Å². The lowest BCUT2D eigenvalue weighted by Gasteiger charge is -2.14. The van der Waals surface area contributed by atoms with Crippen molar-refractivity contribution in [2.75, 3.05) is 0 Å². The molecule has 0 aromatic heterocycles. The van der Waals surface area contributed by atoms with Crippen molar-refractivity contribution in [3.63, 3.8) is 0 Å². The summed E-state index contributed by atoms with van der Waals surface area (Å²) in [7, 11) is 0.588. The lowest BCUT2D eigenvalue weighted by Crippen LogP contribution is -2.40. The molecule has 0 saturated heterocycles. The third-order valence-electron chi connectivity index (χ3n) is 3.32. The van der Waals surface area contributed by atoms with Gasteiger partial charge in [0.2, 0.25) is 0 Å². The highest BCUT2D eigenvalue weighted by Gasteiger charge is 2.12. The maximum absolute atomic E-state index is 2.44. The summed E-state index contributed by atoms with van der Waals surface area (Å²) in [5.74, 6) is 0. The maximum atomic E-state index is 2.44. The standard InChI is InChI=1S/C15H15Si2/c1-17-15-7-3-5-13(11-15)9-8-12-4-2-6-14(10-12)16-17/h2-7,10-11H,8-9H2,1H3. The van der Waals surface area contributed by atoms with Crippen LogP contribution in [0.2, 0.25) is 6.55 Å². The van der Waals surface area contributed by atoms with Crippen molar-refractivity contribution in [1.29, 1.82) is 0 Å². The van der Waals surface area contributed by atoms with Gasteiger partial charge in [-0.1, -0.05) is 65.5 Å². The first-order valence-electron chi connectivity index (χ1n) is 6.10. The van der Waals surface area contributed by atoms with E-state index in [0.29, 0.717) is 0 Å². The van der Waals surface area contributed by atoms with Gasteiger partial charge in [-0.2, -0.15) is 0 Å². The van der Waals surface area contributed by atoms with Gasteiger partial charge in [0.15, 0.2) is 0 Å². The second kappa shape index (κ2) is 4.63. The Labute approximate surface area is 107 Å². The van der Waals surface area contributed by atoms with E-state index < -0.39 is 8.31 Å². The van der Waals surface area contributed by atoms with Crippen LogP contribution in [0.1, 0.15) is 11.1 Å². The number of hydrogen-bond acceptors (Lipinski definition) is 0. The quantitative estimate of drug-likeness (QED) is 0.625. The Kier molecular flexibility index (Phi) is 2.99. The van der Waals surface area contributed by atoms with Gasteiger partial charge >= 0.3 is 0 Å². The summed E-state index contributed by atoms with van der Waals surface area (Å²) in [5.41, 5.74) is 3.00. The van der Waals surface area contributed by atoms with Crippen LogP contribution in [0.25, 0.3) is 0 Å². The summed E-state index contributed by atoms with van der Waals surface area (Å²) in [6.45, 7) is 2.44. The van der Waals surface area contributed by atoms with Crippen molar-refractivity contribution < 1.29 is 0 Å². The van der Waals surface area contributed by atoms with Crippen LogP contribution in [0.15, 0.2) is 48.5 Å². The third-order valence-corrected chi connectivity index (χ3v) is 8.33. The first-order valence-corrected chi connectivity index (χ1v) is 10.1. The lowest BCUT2D eigenvalue weighted by atomic mass is 10.0. The zero-order valence-electron chi connectivity index (χ0n) is 10.0. The molecule has 2 aromatic carbocycles. The fourth-order valence-corrected chi connectivity index (χ4v) is 6.77. The molecule has 0 saturated carbocycles. The van der Waals surface area contributed by atoms with Gasteiger partial charge in [0, 0.05) is 0 Å². The van der Waals surface area contributed by atoms with Crippen LogP contribution in [-0.4, -0.2) is 17.4 Å². The fraction of sp³-hybridized carbons (Fsp3) is 0.200. The molecular weight excluding hydrogens is 236 g/mol. The van der Waals surface area contributed by atoms with E-state index in [1.165, 1.54) is 24.0 Å². The summed E-state index contributed by atoms with van der Waals surface area (Å²) >= 11 is 0.